The third kappa shape index (κ3) is 2.99. The molecule has 0 fully saturated rings. The molecule has 0 bridgehead atoms. The average Bonchev–Trinajstić information content (AvgIpc) is 2.39. The van der Waals surface area contributed by atoms with Gasteiger partial charge in [-0.15, -0.1) is 0 Å². The molecule has 0 atom stereocenters. The van der Waals surface area contributed by atoms with Gasteiger partial charge in [-0.3, -0.25) is 0 Å². The molecule has 1 aromatic carbocycles. The van der Waals surface area contributed by atoms with Crippen molar-refractivity contribution in [2.24, 2.45) is 5.11 Å². The molecule has 7 heteroatoms. The van der Waals surface area contributed by atoms with Gasteiger partial charge in [-0.05, 0) is 17.7 Å². The van der Waals surface area contributed by atoms with Crippen LogP contribution in [0.4, 0.5) is 4.39 Å². The molecule has 1 aromatic rings. The van der Waals surface area contributed by atoms with E-state index in [1.807, 2.05) is 0 Å². The zero-order valence-corrected chi connectivity index (χ0v) is 9.75. The van der Waals surface area contributed by atoms with Crippen molar-refractivity contribution in [2.45, 2.75) is 0 Å². The summed E-state index contributed by atoms with van der Waals surface area (Å²) >= 11 is 0. The van der Waals surface area contributed by atoms with E-state index < -0.39 is 11.8 Å². The van der Waals surface area contributed by atoms with Gasteiger partial charge in [0.1, 0.15) is 5.70 Å². The number of rotatable bonds is 4. The molecule has 0 spiro atoms. The highest BCUT2D eigenvalue weighted by atomic mass is 19.1. The molecule has 1 rings (SSSR count). The molecule has 0 aliphatic rings. The number of azide groups is 1. The standard InChI is InChI=1S/C11H10FN3O3/c1-17-9-5-3-4-7(10(9)12)6-8(14-15-13)11(16)18-2/h3-6H,1-2H3/b8-6+. The van der Waals surface area contributed by atoms with Gasteiger partial charge in [0.2, 0.25) is 0 Å². The van der Waals surface area contributed by atoms with Crippen LogP contribution in [-0.2, 0) is 9.53 Å². The number of hydrogen-bond acceptors (Lipinski definition) is 4. The smallest absolute Gasteiger partial charge is 0.340 e. The summed E-state index contributed by atoms with van der Waals surface area (Å²) in [5.41, 5.74) is 8.04. The van der Waals surface area contributed by atoms with Crippen molar-refractivity contribution in [1.29, 1.82) is 0 Å². The second-order valence-electron chi connectivity index (χ2n) is 3.07. The fourth-order valence-electron chi connectivity index (χ4n) is 1.23. The van der Waals surface area contributed by atoms with Crippen molar-refractivity contribution in [3.05, 3.63) is 45.7 Å². The molecule has 0 aromatic heterocycles. The summed E-state index contributed by atoms with van der Waals surface area (Å²) in [5.74, 6) is -1.49. The Kier molecular flexibility index (Phi) is 4.71. The number of carbonyl (C=O) groups is 1. The number of hydrogen-bond donors (Lipinski definition) is 0. The van der Waals surface area contributed by atoms with Crippen molar-refractivity contribution in [1.82, 2.24) is 0 Å². The van der Waals surface area contributed by atoms with Crippen LogP contribution in [0.5, 0.6) is 5.75 Å². The van der Waals surface area contributed by atoms with Crippen LogP contribution in [0, 0.1) is 5.82 Å². The van der Waals surface area contributed by atoms with Gasteiger partial charge in [0.05, 0.1) is 14.2 Å². The summed E-state index contributed by atoms with van der Waals surface area (Å²) in [4.78, 5) is 13.7. The molecule has 6 nitrogen and oxygen atoms in total. The monoisotopic (exact) mass is 251 g/mol. The number of ether oxygens (including phenoxy) is 2. The van der Waals surface area contributed by atoms with E-state index in [0.29, 0.717) is 0 Å². The molecule has 0 N–H and O–H groups in total. The lowest BCUT2D eigenvalue weighted by Crippen LogP contribution is -2.02. The topological polar surface area (TPSA) is 84.3 Å². The summed E-state index contributed by atoms with van der Waals surface area (Å²) in [6.45, 7) is 0. The Hall–Kier alpha value is -2.53. The van der Waals surface area contributed by atoms with E-state index in [1.54, 1.807) is 6.07 Å². The third-order valence-corrected chi connectivity index (χ3v) is 2.05. The number of halogens is 1. The van der Waals surface area contributed by atoms with Gasteiger partial charge in [-0.25, -0.2) is 9.18 Å². The first-order valence-electron chi connectivity index (χ1n) is 4.81. The van der Waals surface area contributed by atoms with E-state index in [0.717, 1.165) is 13.2 Å². The zero-order chi connectivity index (χ0) is 13.5. The van der Waals surface area contributed by atoms with E-state index in [1.165, 1.54) is 19.2 Å². The Bertz CT molecular complexity index is 536. The highest BCUT2D eigenvalue weighted by Crippen LogP contribution is 2.22. The van der Waals surface area contributed by atoms with Crippen LogP contribution in [0.2, 0.25) is 0 Å². The first-order valence-corrected chi connectivity index (χ1v) is 4.81. The predicted octanol–water partition coefficient (Wildman–Crippen LogP) is 2.66. The molecular formula is C11H10FN3O3. The van der Waals surface area contributed by atoms with Crippen LogP contribution in [0.25, 0.3) is 16.5 Å². The SMILES string of the molecule is COC(=O)/C(=C\c1cccc(OC)c1F)N=[N+]=[N-]. The second-order valence-corrected chi connectivity index (χ2v) is 3.07. The normalized spacial score (nSPS) is 10.5. The number of carbonyl (C=O) groups excluding carboxylic acids is 1. The van der Waals surface area contributed by atoms with E-state index in [9.17, 15) is 9.18 Å². The number of benzene rings is 1. The third-order valence-electron chi connectivity index (χ3n) is 2.05. The number of methoxy groups -OCH3 is 2. The molecule has 0 amide bonds. The molecule has 18 heavy (non-hydrogen) atoms. The molecule has 0 radical (unpaired) electrons. The van der Waals surface area contributed by atoms with Gasteiger partial charge >= 0.3 is 5.97 Å². The lowest BCUT2D eigenvalue weighted by atomic mass is 10.1. The zero-order valence-electron chi connectivity index (χ0n) is 9.75. The molecule has 0 aliphatic carbocycles. The summed E-state index contributed by atoms with van der Waals surface area (Å²) in [5, 5.41) is 3.15. The van der Waals surface area contributed by atoms with Crippen molar-refractivity contribution in [2.75, 3.05) is 14.2 Å². The first-order chi connectivity index (χ1) is 8.63. The minimum absolute atomic E-state index is 0.0221. The van der Waals surface area contributed by atoms with Gasteiger partial charge in [0.25, 0.3) is 0 Å². The van der Waals surface area contributed by atoms with Crippen LogP contribution < -0.4 is 4.74 Å². The van der Waals surface area contributed by atoms with Crippen LogP contribution in [0.3, 0.4) is 0 Å². The molecule has 0 heterocycles. The minimum atomic E-state index is -0.852. The van der Waals surface area contributed by atoms with E-state index in [4.69, 9.17) is 10.3 Å². The quantitative estimate of drug-likeness (QED) is 0.271. The maximum atomic E-state index is 13.8. The molecule has 94 valence electrons. The lowest BCUT2D eigenvalue weighted by molar-refractivity contribution is -0.136. The highest BCUT2D eigenvalue weighted by molar-refractivity contribution is 5.93. The average molecular weight is 251 g/mol. The largest absolute Gasteiger partial charge is 0.494 e. The maximum Gasteiger partial charge on any atom is 0.340 e. The van der Waals surface area contributed by atoms with Crippen LogP contribution in [-0.4, -0.2) is 20.2 Å². The maximum absolute atomic E-state index is 13.8. The Morgan fingerprint density at radius 3 is 2.78 bits per heavy atom. The van der Waals surface area contributed by atoms with Crippen LogP contribution >= 0.6 is 0 Å². The van der Waals surface area contributed by atoms with Gasteiger partial charge in [-0.1, -0.05) is 17.2 Å². The van der Waals surface area contributed by atoms with Crippen molar-refractivity contribution in [3.8, 4) is 5.75 Å². The highest BCUT2D eigenvalue weighted by Gasteiger charge is 2.11. The van der Waals surface area contributed by atoms with Gasteiger partial charge in [0.15, 0.2) is 11.6 Å². The second kappa shape index (κ2) is 6.27. The summed E-state index contributed by atoms with van der Waals surface area (Å²) in [7, 11) is 2.45. The van der Waals surface area contributed by atoms with E-state index >= 15 is 0 Å². The molecule has 0 saturated heterocycles. The summed E-state index contributed by atoms with van der Waals surface area (Å²) < 4.78 is 23.0. The Balaban J connectivity index is 3.28. The fourth-order valence-corrected chi connectivity index (χ4v) is 1.23. The predicted molar refractivity (Wildman–Crippen MR) is 62.1 cm³/mol. The number of nitrogens with zero attached hydrogens (tertiary/aromatic N) is 3. The van der Waals surface area contributed by atoms with Crippen molar-refractivity contribution >= 4 is 12.0 Å². The van der Waals surface area contributed by atoms with Crippen LogP contribution in [0.1, 0.15) is 5.56 Å². The minimum Gasteiger partial charge on any atom is -0.494 e. The van der Waals surface area contributed by atoms with Gasteiger partial charge < -0.3 is 9.47 Å². The van der Waals surface area contributed by atoms with Crippen molar-refractivity contribution in [3.63, 3.8) is 0 Å². The Morgan fingerprint density at radius 1 is 1.50 bits per heavy atom. The summed E-state index contributed by atoms with van der Waals surface area (Å²) in [6.07, 6.45) is 1.09. The Morgan fingerprint density at radius 2 is 2.22 bits per heavy atom. The van der Waals surface area contributed by atoms with E-state index in [2.05, 4.69) is 14.8 Å². The van der Waals surface area contributed by atoms with Crippen molar-refractivity contribution < 1.29 is 18.7 Å². The molecule has 0 saturated carbocycles. The first kappa shape index (κ1) is 13.5. The Labute approximate surface area is 102 Å². The lowest BCUT2D eigenvalue weighted by Gasteiger charge is -2.04. The van der Waals surface area contributed by atoms with Gasteiger partial charge in [-0.2, -0.15) is 0 Å². The number of esters is 1. The molecule has 0 aliphatic heterocycles. The fraction of sp³-hybridized carbons (Fsp3) is 0.182. The van der Waals surface area contributed by atoms with E-state index in [-0.39, 0.29) is 17.0 Å². The van der Waals surface area contributed by atoms with Crippen LogP contribution in [0.15, 0.2) is 29.0 Å². The molecule has 0 unspecified atom stereocenters. The summed E-state index contributed by atoms with van der Waals surface area (Å²) in [6, 6.07) is 4.38. The van der Waals surface area contributed by atoms with Gasteiger partial charge in [0, 0.05) is 10.5 Å². The molecular weight excluding hydrogens is 241 g/mol.